The van der Waals surface area contributed by atoms with E-state index in [9.17, 15) is 14.4 Å². The van der Waals surface area contributed by atoms with Crippen molar-refractivity contribution in [3.8, 4) is 5.75 Å². The number of hydrogen-bond donors (Lipinski definition) is 3. The van der Waals surface area contributed by atoms with Gasteiger partial charge in [-0.1, -0.05) is 40.9 Å². The zero-order chi connectivity index (χ0) is 26.5. The number of hydrazone groups is 1. The van der Waals surface area contributed by atoms with Crippen molar-refractivity contribution in [2.45, 2.75) is 33.1 Å². The van der Waals surface area contributed by atoms with Crippen LogP contribution >= 0.6 is 23.2 Å². The van der Waals surface area contributed by atoms with E-state index in [1.165, 1.54) is 12.1 Å². The van der Waals surface area contributed by atoms with Crippen molar-refractivity contribution in [1.29, 1.82) is 0 Å². The largest absolute Gasteiger partial charge is 0.482 e. The Labute approximate surface area is 223 Å². The first-order valence-electron chi connectivity index (χ1n) is 11.5. The number of aryl methyl sites for hydroxylation is 2. The molecule has 0 atom stereocenters. The number of hydrazine groups is 1. The Hall–Kier alpha value is -3.82. The highest BCUT2D eigenvalue weighted by atomic mass is 35.5. The predicted molar refractivity (Wildman–Crippen MR) is 139 cm³/mol. The van der Waals surface area contributed by atoms with Crippen molar-refractivity contribution in [2.75, 3.05) is 6.61 Å². The van der Waals surface area contributed by atoms with Gasteiger partial charge in [0.2, 0.25) is 0 Å². The zero-order valence-corrected chi connectivity index (χ0v) is 21.6. The van der Waals surface area contributed by atoms with Crippen molar-refractivity contribution >= 4 is 46.6 Å². The van der Waals surface area contributed by atoms with E-state index in [1.54, 1.807) is 25.1 Å². The number of carbonyl (C=O) groups excluding carboxylic acids is 3. The molecule has 0 aliphatic heterocycles. The van der Waals surface area contributed by atoms with Crippen LogP contribution in [0, 0.1) is 13.8 Å². The number of rotatable bonds is 6. The summed E-state index contributed by atoms with van der Waals surface area (Å²) in [6.07, 6.45) is 1.99. The Kier molecular flexibility index (Phi) is 8.15. The fourth-order valence-corrected chi connectivity index (χ4v) is 4.30. The number of fused-ring (bicyclic) bond motifs is 1. The monoisotopic (exact) mass is 542 g/mol. The van der Waals surface area contributed by atoms with Gasteiger partial charge in [0, 0.05) is 28.1 Å². The van der Waals surface area contributed by atoms with Crippen LogP contribution in [-0.4, -0.2) is 30.0 Å². The van der Waals surface area contributed by atoms with E-state index in [1.807, 2.05) is 19.1 Å². The summed E-state index contributed by atoms with van der Waals surface area (Å²) in [6.45, 7) is 3.29. The number of nitrogens with zero attached hydrogens (tertiary/aromatic N) is 1. The first-order valence-corrected chi connectivity index (χ1v) is 12.2. The molecule has 3 aromatic rings. The van der Waals surface area contributed by atoms with Gasteiger partial charge < -0.3 is 9.15 Å². The van der Waals surface area contributed by atoms with Gasteiger partial charge in [-0.15, -0.1) is 0 Å². The normalized spacial score (nSPS) is 13.6. The number of ether oxygens (including phenoxy) is 1. The molecule has 1 heterocycles. The summed E-state index contributed by atoms with van der Waals surface area (Å²) >= 11 is 11.9. The lowest BCUT2D eigenvalue weighted by Gasteiger charge is -2.13. The van der Waals surface area contributed by atoms with E-state index >= 15 is 0 Å². The van der Waals surface area contributed by atoms with E-state index in [4.69, 9.17) is 32.4 Å². The molecule has 3 amide bonds. The second-order valence-electron chi connectivity index (χ2n) is 8.44. The molecule has 9 nitrogen and oxygen atoms in total. The standard InChI is InChI=1S/C26H24Cl2N4O5/c1-14-6-8-16(9-7-14)25(34)31-29-19-4-3-5-21-23(19)15(2)24(37-21)26(35)32-30-22(33)13-36-20-11-10-17(27)12-18(20)28/h6-12H,3-5,13H2,1-2H3,(H,30,33)(H,31,34)(H,32,35)/b29-19+. The van der Waals surface area contributed by atoms with Crippen molar-refractivity contribution in [3.63, 3.8) is 0 Å². The topological polar surface area (TPSA) is 122 Å². The third kappa shape index (κ3) is 6.31. The van der Waals surface area contributed by atoms with Crippen LogP contribution in [-0.2, 0) is 11.2 Å². The number of nitrogens with one attached hydrogen (secondary N) is 3. The molecule has 2 aromatic carbocycles. The molecule has 0 fully saturated rings. The lowest BCUT2D eigenvalue weighted by atomic mass is 9.93. The minimum atomic E-state index is -0.632. The minimum absolute atomic E-state index is 0.0476. The van der Waals surface area contributed by atoms with E-state index < -0.39 is 11.8 Å². The van der Waals surface area contributed by atoms with Gasteiger partial charge in [-0.05, 0) is 57.0 Å². The van der Waals surface area contributed by atoms with Gasteiger partial charge in [0.1, 0.15) is 11.5 Å². The Morgan fingerprint density at radius 2 is 1.76 bits per heavy atom. The highest BCUT2D eigenvalue weighted by Gasteiger charge is 2.28. The van der Waals surface area contributed by atoms with Crippen LogP contribution < -0.4 is 21.0 Å². The molecule has 37 heavy (non-hydrogen) atoms. The van der Waals surface area contributed by atoms with Crippen molar-refractivity contribution in [3.05, 3.63) is 86.3 Å². The number of carbonyl (C=O) groups is 3. The maximum atomic E-state index is 12.7. The lowest BCUT2D eigenvalue weighted by Crippen LogP contribution is -2.43. The Morgan fingerprint density at radius 1 is 1.00 bits per heavy atom. The molecule has 0 spiro atoms. The summed E-state index contributed by atoms with van der Waals surface area (Å²) in [5.41, 5.74) is 10.6. The number of halogens is 2. The van der Waals surface area contributed by atoms with Crippen LogP contribution in [0.5, 0.6) is 5.75 Å². The second-order valence-corrected chi connectivity index (χ2v) is 9.28. The molecule has 0 radical (unpaired) electrons. The molecule has 3 N–H and O–H groups in total. The first-order chi connectivity index (χ1) is 17.7. The Bertz CT molecular complexity index is 1380. The summed E-state index contributed by atoms with van der Waals surface area (Å²) in [5.74, 6) is -0.634. The van der Waals surface area contributed by atoms with Crippen LogP contribution in [0.4, 0.5) is 0 Å². The quantitative estimate of drug-likeness (QED) is 0.395. The van der Waals surface area contributed by atoms with Gasteiger partial charge in [-0.3, -0.25) is 25.2 Å². The molecule has 1 aliphatic carbocycles. The van der Waals surface area contributed by atoms with Gasteiger partial charge in [0.05, 0.1) is 10.7 Å². The van der Waals surface area contributed by atoms with E-state index in [-0.39, 0.29) is 29.0 Å². The number of benzene rings is 2. The maximum absolute atomic E-state index is 12.7. The van der Waals surface area contributed by atoms with Gasteiger partial charge in [-0.25, -0.2) is 5.43 Å². The highest BCUT2D eigenvalue weighted by molar-refractivity contribution is 6.35. The number of amides is 3. The minimum Gasteiger partial charge on any atom is -0.482 e. The average Bonchev–Trinajstić information content (AvgIpc) is 3.22. The van der Waals surface area contributed by atoms with Gasteiger partial charge in [-0.2, -0.15) is 5.10 Å². The van der Waals surface area contributed by atoms with Crippen LogP contribution in [0.15, 0.2) is 52.0 Å². The molecule has 4 rings (SSSR count). The smallest absolute Gasteiger partial charge is 0.305 e. The summed E-state index contributed by atoms with van der Waals surface area (Å²) in [4.78, 5) is 37.3. The summed E-state index contributed by atoms with van der Waals surface area (Å²) in [6, 6.07) is 11.8. The van der Waals surface area contributed by atoms with Gasteiger partial charge in [0.15, 0.2) is 12.4 Å². The number of hydrogen-bond acceptors (Lipinski definition) is 6. The maximum Gasteiger partial charge on any atom is 0.305 e. The van der Waals surface area contributed by atoms with E-state index in [2.05, 4.69) is 21.4 Å². The molecule has 0 bridgehead atoms. The molecule has 11 heteroatoms. The molecular formula is C26H24Cl2N4O5. The molecule has 0 saturated carbocycles. The Balaban J connectivity index is 1.38. The van der Waals surface area contributed by atoms with Crippen LogP contribution in [0.1, 0.15) is 56.2 Å². The van der Waals surface area contributed by atoms with Crippen molar-refractivity contribution in [2.24, 2.45) is 5.10 Å². The average molecular weight is 543 g/mol. The molecule has 1 aromatic heterocycles. The third-order valence-electron chi connectivity index (χ3n) is 5.71. The van der Waals surface area contributed by atoms with E-state index in [0.29, 0.717) is 46.0 Å². The predicted octanol–water partition coefficient (Wildman–Crippen LogP) is 4.51. The van der Waals surface area contributed by atoms with Crippen LogP contribution in [0.3, 0.4) is 0 Å². The van der Waals surface area contributed by atoms with E-state index in [0.717, 1.165) is 12.0 Å². The first kappa shape index (κ1) is 26.2. The highest BCUT2D eigenvalue weighted by Crippen LogP contribution is 2.30. The Morgan fingerprint density at radius 3 is 2.49 bits per heavy atom. The summed E-state index contributed by atoms with van der Waals surface area (Å²) < 4.78 is 11.2. The van der Waals surface area contributed by atoms with Crippen LogP contribution in [0.25, 0.3) is 0 Å². The summed E-state index contributed by atoms with van der Waals surface area (Å²) in [5, 5.41) is 5.01. The molecule has 0 unspecified atom stereocenters. The SMILES string of the molecule is Cc1ccc(C(=O)N/N=C2\CCCc3oc(C(=O)NNC(=O)COc4ccc(Cl)cc4Cl)c(C)c32)cc1. The molecular weight excluding hydrogens is 519 g/mol. The van der Waals surface area contributed by atoms with Gasteiger partial charge >= 0.3 is 5.91 Å². The van der Waals surface area contributed by atoms with Crippen molar-refractivity contribution < 1.29 is 23.5 Å². The number of furan rings is 1. The fourth-order valence-electron chi connectivity index (χ4n) is 3.84. The summed E-state index contributed by atoms with van der Waals surface area (Å²) in [7, 11) is 0. The van der Waals surface area contributed by atoms with Crippen LogP contribution in [0.2, 0.25) is 10.0 Å². The molecule has 192 valence electrons. The zero-order valence-electron chi connectivity index (χ0n) is 20.1. The fraction of sp³-hybridized carbons (Fsp3) is 0.231. The molecule has 1 aliphatic rings. The van der Waals surface area contributed by atoms with Crippen molar-refractivity contribution in [1.82, 2.24) is 16.3 Å². The van der Waals surface area contributed by atoms with Gasteiger partial charge in [0.25, 0.3) is 11.8 Å². The lowest BCUT2D eigenvalue weighted by molar-refractivity contribution is -0.123. The third-order valence-corrected chi connectivity index (χ3v) is 6.24. The molecule has 0 saturated heterocycles. The second kappa shape index (κ2) is 11.5.